The predicted molar refractivity (Wildman–Crippen MR) is 53.8 cm³/mol. The molecule has 1 N–H and O–H groups in total. The van der Waals surface area contributed by atoms with Gasteiger partial charge in [0.1, 0.15) is 12.0 Å². The molecule has 0 fully saturated rings. The molecule has 1 rings (SSSR count). The van der Waals surface area contributed by atoms with Crippen molar-refractivity contribution in [2.45, 2.75) is 20.3 Å². The van der Waals surface area contributed by atoms with E-state index in [-0.39, 0.29) is 5.91 Å². The van der Waals surface area contributed by atoms with E-state index in [1.807, 2.05) is 0 Å². The summed E-state index contributed by atoms with van der Waals surface area (Å²) in [6.45, 7) is 4.94. The lowest BCUT2D eigenvalue weighted by atomic mass is 10.1. The topological polar surface area (TPSA) is 54.9 Å². The fourth-order valence-corrected chi connectivity index (χ4v) is 0.990. The van der Waals surface area contributed by atoms with Crippen LogP contribution in [0.1, 0.15) is 30.8 Å². The number of rotatable bonds is 4. The lowest BCUT2D eigenvalue weighted by molar-refractivity contribution is 0.0947. The van der Waals surface area contributed by atoms with E-state index >= 15 is 0 Å². The van der Waals surface area contributed by atoms with Crippen LogP contribution in [0.2, 0.25) is 0 Å². The van der Waals surface area contributed by atoms with E-state index in [0.29, 0.717) is 18.2 Å². The molecule has 0 saturated heterocycles. The van der Waals surface area contributed by atoms with Gasteiger partial charge in [0.15, 0.2) is 0 Å². The highest BCUT2D eigenvalue weighted by molar-refractivity contribution is 5.91. The van der Waals surface area contributed by atoms with Gasteiger partial charge in [0.05, 0.1) is 0 Å². The zero-order chi connectivity index (χ0) is 10.4. The molecule has 76 valence electrons. The second kappa shape index (κ2) is 5.32. The summed E-state index contributed by atoms with van der Waals surface area (Å²) in [6.07, 6.45) is 3.92. The molecule has 4 nitrogen and oxygen atoms in total. The molecule has 14 heavy (non-hydrogen) atoms. The van der Waals surface area contributed by atoms with Crippen molar-refractivity contribution in [3.05, 3.63) is 24.3 Å². The van der Waals surface area contributed by atoms with Crippen LogP contribution in [-0.2, 0) is 0 Å². The van der Waals surface area contributed by atoms with E-state index in [1.54, 1.807) is 12.3 Å². The number of hydrogen-bond donors (Lipinski definition) is 1. The lowest BCUT2D eigenvalue weighted by Crippen LogP contribution is -2.26. The van der Waals surface area contributed by atoms with Crippen molar-refractivity contribution in [3.8, 4) is 0 Å². The number of aromatic nitrogens is 2. The number of hydrogen-bond acceptors (Lipinski definition) is 3. The summed E-state index contributed by atoms with van der Waals surface area (Å²) in [5, 5.41) is 2.80. The summed E-state index contributed by atoms with van der Waals surface area (Å²) in [7, 11) is 0. The maximum atomic E-state index is 11.4. The summed E-state index contributed by atoms with van der Waals surface area (Å²) in [6, 6.07) is 1.60. The number of carbonyl (C=O) groups is 1. The Morgan fingerprint density at radius 1 is 1.57 bits per heavy atom. The van der Waals surface area contributed by atoms with Crippen molar-refractivity contribution < 1.29 is 4.79 Å². The Labute approximate surface area is 83.8 Å². The molecule has 0 spiro atoms. The van der Waals surface area contributed by atoms with E-state index < -0.39 is 0 Å². The van der Waals surface area contributed by atoms with Crippen molar-refractivity contribution in [2.75, 3.05) is 6.54 Å². The molecule has 0 aliphatic carbocycles. The molecule has 0 aliphatic rings. The zero-order valence-electron chi connectivity index (χ0n) is 8.53. The molecule has 0 atom stereocenters. The van der Waals surface area contributed by atoms with Gasteiger partial charge in [-0.05, 0) is 18.4 Å². The minimum Gasteiger partial charge on any atom is -0.351 e. The first-order chi connectivity index (χ1) is 6.70. The average molecular weight is 193 g/mol. The Balaban J connectivity index is 2.36. The summed E-state index contributed by atoms with van der Waals surface area (Å²) < 4.78 is 0. The molecule has 0 aromatic carbocycles. The summed E-state index contributed by atoms with van der Waals surface area (Å²) >= 11 is 0. The van der Waals surface area contributed by atoms with Crippen molar-refractivity contribution in [2.24, 2.45) is 5.92 Å². The van der Waals surface area contributed by atoms with Crippen LogP contribution in [0.15, 0.2) is 18.6 Å². The Kier molecular flexibility index (Phi) is 4.04. The average Bonchev–Trinajstić information content (AvgIpc) is 2.18. The molecule has 1 aromatic rings. The van der Waals surface area contributed by atoms with E-state index in [9.17, 15) is 4.79 Å². The van der Waals surface area contributed by atoms with Crippen molar-refractivity contribution in [1.29, 1.82) is 0 Å². The quantitative estimate of drug-likeness (QED) is 0.783. The van der Waals surface area contributed by atoms with Gasteiger partial charge in [-0.15, -0.1) is 0 Å². The van der Waals surface area contributed by atoms with E-state index in [1.165, 1.54) is 6.33 Å². The van der Waals surface area contributed by atoms with Gasteiger partial charge in [-0.1, -0.05) is 13.8 Å². The van der Waals surface area contributed by atoms with Gasteiger partial charge >= 0.3 is 0 Å². The first-order valence-electron chi connectivity index (χ1n) is 4.74. The Morgan fingerprint density at radius 2 is 2.36 bits per heavy atom. The molecule has 0 aliphatic heterocycles. The third-order valence-electron chi connectivity index (χ3n) is 1.82. The highest BCUT2D eigenvalue weighted by Gasteiger charge is 2.05. The van der Waals surface area contributed by atoms with Crippen LogP contribution < -0.4 is 5.32 Å². The van der Waals surface area contributed by atoms with Crippen LogP contribution in [0.4, 0.5) is 0 Å². The number of amides is 1. The third kappa shape index (κ3) is 3.51. The highest BCUT2D eigenvalue weighted by atomic mass is 16.1. The fraction of sp³-hybridized carbons (Fsp3) is 0.500. The SMILES string of the molecule is CC(C)CCNC(=O)c1ccncn1. The number of nitrogens with zero attached hydrogens (tertiary/aromatic N) is 2. The smallest absolute Gasteiger partial charge is 0.270 e. The Morgan fingerprint density at radius 3 is 2.93 bits per heavy atom. The maximum absolute atomic E-state index is 11.4. The largest absolute Gasteiger partial charge is 0.351 e. The van der Waals surface area contributed by atoms with Gasteiger partial charge in [0.25, 0.3) is 5.91 Å². The van der Waals surface area contributed by atoms with Crippen LogP contribution in [0.25, 0.3) is 0 Å². The normalized spacial score (nSPS) is 10.2. The predicted octanol–water partition coefficient (Wildman–Crippen LogP) is 1.25. The summed E-state index contributed by atoms with van der Waals surface area (Å²) in [5.41, 5.74) is 0.420. The minimum absolute atomic E-state index is 0.131. The fourth-order valence-electron chi connectivity index (χ4n) is 0.990. The molecule has 1 aromatic heterocycles. The van der Waals surface area contributed by atoms with Crippen molar-refractivity contribution >= 4 is 5.91 Å². The monoisotopic (exact) mass is 193 g/mol. The van der Waals surface area contributed by atoms with Crippen molar-refractivity contribution in [1.82, 2.24) is 15.3 Å². The van der Waals surface area contributed by atoms with Crippen LogP contribution in [-0.4, -0.2) is 22.4 Å². The second-order valence-corrected chi connectivity index (χ2v) is 3.53. The Bertz CT molecular complexity index is 285. The van der Waals surface area contributed by atoms with Crippen LogP contribution >= 0.6 is 0 Å². The van der Waals surface area contributed by atoms with Crippen LogP contribution in [0.5, 0.6) is 0 Å². The first-order valence-corrected chi connectivity index (χ1v) is 4.74. The first kappa shape index (κ1) is 10.6. The molecule has 4 heteroatoms. The van der Waals surface area contributed by atoms with Gasteiger partial charge in [-0.3, -0.25) is 4.79 Å². The summed E-state index contributed by atoms with van der Waals surface area (Å²) in [4.78, 5) is 19.0. The molecule has 0 bridgehead atoms. The van der Waals surface area contributed by atoms with E-state index in [4.69, 9.17) is 0 Å². The minimum atomic E-state index is -0.131. The molecule has 1 amide bonds. The second-order valence-electron chi connectivity index (χ2n) is 3.53. The molecule has 0 unspecified atom stereocenters. The molecular formula is C10H15N3O. The van der Waals surface area contributed by atoms with Gasteiger partial charge < -0.3 is 5.32 Å². The van der Waals surface area contributed by atoms with E-state index in [0.717, 1.165) is 6.42 Å². The van der Waals surface area contributed by atoms with Gasteiger partial charge in [-0.25, -0.2) is 9.97 Å². The van der Waals surface area contributed by atoms with Crippen LogP contribution in [0, 0.1) is 5.92 Å². The molecule has 0 radical (unpaired) electrons. The lowest BCUT2D eigenvalue weighted by Gasteiger charge is -2.05. The summed E-state index contributed by atoms with van der Waals surface area (Å²) in [5.74, 6) is 0.466. The number of nitrogens with one attached hydrogen (secondary N) is 1. The van der Waals surface area contributed by atoms with Gasteiger partial charge in [0, 0.05) is 12.7 Å². The standard InChI is InChI=1S/C10H15N3O/c1-8(2)3-6-12-10(14)9-4-5-11-7-13-9/h4-5,7-8H,3,6H2,1-2H3,(H,12,14). The molecule has 1 heterocycles. The van der Waals surface area contributed by atoms with Crippen molar-refractivity contribution in [3.63, 3.8) is 0 Å². The Hall–Kier alpha value is -1.45. The van der Waals surface area contributed by atoms with Gasteiger partial charge in [0.2, 0.25) is 0 Å². The third-order valence-corrected chi connectivity index (χ3v) is 1.82. The highest BCUT2D eigenvalue weighted by Crippen LogP contribution is 1.97. The molecule has 0 saturated carbocycles. The maximum Gasteiger partial charge on any atom is 0.270 e. The molecular weight excluding hydrogens is 178 g/mol. The van der Waals surface area contributed by atoms with Crippen LogP contribution in [0.3, 0.4) is 0 Å². The van der Waals surface area contributed by atoms with E-state index in [2.05, 4.69) is 29.1 Å². The zero-order valence-corrected chi connectivity index (χ0v) is 8.53. The van der Waals surface area contributed by atoms with Gasteiger partial charge in [-0.2, -0.15) is 0 Å². The number of carbonyl (C=O) groups excluding carboxylic acids is 1.